The summed E-state index contributed by atoms with van der Waals surface area (Å²) in [5.41, 5.74) is 0. The molecule has 0 aromatic carbocycles. The lowest BCUT2D eigenvalue weighted by Crippen LogP contribution is -2.30. The highest BCUT2D eigenvalue weighted by atomic mass is 31.2. The van der Waals surface area contributed by atoms with Crippen molar-refractivity contribution in [2.45, 2.75) is 476 Å². The van der Waals surface area contributed by atoms with Gasteiger partial charge in [-0.2, -0.15) is 0 Å². The van der Waals surface area contributed by atoms with Crippen LogP contribution in [0.15, 0.2) is 170 Å². The topological polar surface area (TPSA) is 231 Å². The van der Waals surface area contributed by atoms with E-state index >= 15 is 0 Å². The highest BCUT2D eigenvalue weighted by Crippen LogP contribution is 2.45. The molecule has 0 aromatic rings. The van der Waals surface area contributed by atoms with Gasteiger partial charge in [0, 0.05) is 19.3 Å². The molecular formula is C111H192O16P2. The van der Waals surface area contributed by atoms with Gasteiger partial charge in [0.15, 0.2) is 6.10 Å². The summed E-state index contributed by atoms with van der Waals surface area (Å²) < 4.78 is 61.7. The summed E-state index contributed by atoms with van der Waals surface area (Å²) in [6, 6.07) is 0. The molecule has 0 spiro atoms. The maximum Gasteiger partial charge on any atom is 0.472 e. The number of unbranched alkanes of at least 4 members (excludes halogenated alkanes) is 48. The first-order chi connectivity index (χ1) is 63.2. The molecular weight excluding hydrogens is 1650 g/mol. The van der Waals surface area contributed by atoms with Crippen molar-refractivity contribution in [3.05, 3.63) is 170 Å². The largest absolute Gasteiger partial charge is 0.472 e. The van der Waals surface area contributed by atoms with Gasteiger partial charge in [0.05, 0.1) is 26.4 Å². The number of carbonyl (C=O) groups is 3. The molecule has 5 unspecified atom stereocenters. The van der Waals surface area contributed by atoms with Crippen LogP contribution < -0.4 is 0 Å². The smallest absolute Gasteiger partial charge is 0.463 e. The van der Waals surface area contributed by atoms with Gasteiger partial charge in [0.25, 0.3) is 0 Å². The molecule has 0 aromatic heterocycles. The average molecular weight is 1840 g/mol. The van der Waals surface area contributed by atoms with E-state index in [0.717, 1.165) is 154 Å². The second-order valence-electron chi connectivity index (χ2n) is 34.9. The van der Waals surface area contributed by atoms with E-state index in [4.69, 9.17) is 32.3 Å². The van der Waals surface area contributed by atoms with Gasteiger partial charge in [-0.25, -0.2) is 9.13 Å². The van der Waals surface area contributed by atoms with E-state index in [2.05, 4.69) is 191 Å². The molecule has 0 aliphatic rings. The highest BCUT2D eigenvalue weighted by molar-refractivity contribution is 7.47. The summed E-state index contributed by atoms with van der Waals surface area (Å²) in [4.78, 5) is 59.3. The molecule has 0 bridgehead atoms. The van der Waals surface area contributed by atoms with Gasteiger partial charge in [-0.3, -0.25) is 32.5 Å². The summed E-state index contributed by atoms with van der Waals surface area (Å²) >= 11 is 0. The molecule has 0 heterocycles. The van der Waals surface area contributed by atoms with E-state index in [-0.39, 0.29) is 19.3 Å². The van der Waals surface area contributed by atoms with Gasteiger partial charge in [-0.05, 0) is 154 Å². The summed E-state index contributed by atoms with van der Waals surface area (Å²) in [6.07, 6.45) is 134. The molecule has 0 aliphatic heterocycles. The predicted octanol–water partition coefficient (Wildman–Crippen LogP) is 33.3. The zero-order chi connectivity index (χ0) is 93.5. The van der Waals surface area contributed by atoms with Gasteiger partial charge >= 0.3 is 33.6 Å². The summed E-state index contributed by atoms with van der Waals surface area (Å²) in [6.45, 7) is 2.51. The van der Waals surface area contributed by atoms with Crippen LogP contribution in [0.4, 0.5) is 0 Å². The first-order valence-electron chi connectivity index (χ1n) is 52.4. The molecule has 0 amide bonds. The molecule has 0 saturated carbocycles. The minimum atomic E-state index is -4.95. The monoisotopic (exact) mass is 1840 g/mol. The Morgan fingerprint density at radius 3 is 0.651 bits per heavy atom. The highest BCUT2D eigenvalue weighted by Gasteiger charge is 2.30. The Labute approximate surface area is 790 Å². The molecule has 0 radical (unpaired) electrons. The number of ether oxygens (including phenoxy) is 3. The fraction of sp³-hybridized carbons (Fsp3) is 0.721. The van der Waals surface area contributed by atoms with Crippen molar-refractivity contribution in [2.75, 3.05) is 39.6 Å². The normalized spacial score (nSPS) is 14.3. The number of aliphatic hydroxyl groups excluding tert-OH is 2. The first-order valence-corrected chi connectivity index (χ1v) is 55.4. The Hall–Kier alpha value is -5.09. The standard InChI is InChI=1S/C111H192O16P2/c1-4-7-10-13-16-19-22-25-28-31-34-37-40-43-46-48-50-51-52-53-55-57-59-61-64-67-70-73-76-79-82-85-88-91-94-97-109(114)121-100-106(112)101-123-128(117,118)124-102-107(113)103-125-129(119,120)126-105-108(127-111(116)99-96-93-90-87-84-81-78-75-72-69-66-63-58-45-42-39-36-33-30-27-24-21-18-15-12-9-6-3)104-122-110(115)98-95-92-89-86-83-80-77-74-71-68-65-62-60-56-54-49-47-44-41-38-35-32-29-26-23-20-17-14-11-8-5-2/h7,9-10,12,16-21,25-30,34-39,43-47,58,106-108,112-113H,4-6,8,11,13-15,22-24,31-33,40-42,48-57,59-105H2,1-3H3,(H,117,118)(H,119,120)/b10-7-,12-9-,19-16-,20-17-,21-18-,28-25-,29-26-,30-27-,37-34-,38-35-,39-36-,46-43-,47-44-,58-45-. The van der Waals surface area contributed by atoms with Crippen LogP contribution in [0.2, 0.25) is 0 Å². The summed E-state index contributed by atoms with van der Waals surface area (Å²) in [5.74, 6) is -1.56. The molecule has 4 N–H and O–H groups in total. The molecule has 16 nitrogen and oxygen atoms in total. The van der Waals surface area contributed by atoms with Crippen LogP contribution >= 0.6 is 15.6 Å². The van der Waals surface area contributed by atoms with Gasteiger partial charge in [0.2, 0.25) is 0 Å². The number of rotatable bonds is 99. The average Bonchev–Trinajstić information content (AvgIpc) is 0.899. The minimum Gasteiger partial charge on any atom is -0.463 e. The molecule has 0 aliphatic carbocycles. The maximum atomic E-state index is 13.1. The SMILES string of the molecule is CC/C=C\C/C=C\C/C=C\C/C=C\C/C=C\CCCCCCCCCCCCCCCCCCCCCC(=O)OCC(O)COP(=O)(O)OCC(O)COP(=O)(O)OCC(COC(=O)CCCCCCCCCCCCCCCCC/C=C\C/C=C\C/C=C\C/C=C\CCCCC)OC(=O)CCCCCCCCCCCCC/C=C\C/C=C\C/C=C\C/C=C\C/C=C\CC. The number of carbonyl (C=O) groups excluding carboxylic acids is 3. The van der Waals surface area contributed by atoms with Crippen molar-refractivity contribution in [1.82, 2.24) is 0 Å². The lowest BCUT2D eigenvalue weighted by molar-refractivity contribution is -0.161. The van der Waals surface area contributed by atoms with Crippen LogP contribution in [0.5, 0.6) is 0 Å². The number of allylic oxidation sites excluding steroid dienone is 28. The third-order valence-corrected chi connectivity index (χ3v) is 24.3. The zero-order valence-corrected chi connectivity index (χ0v) is 84.1. The maximum absolute atomic E-state index is 13.1. The minimum absolute atomic E-state index is 0.0982. The molecule has 0 fully saturated rings. The predicted molar refractivity (Wildman–Crippen MR) is 546 cm³/mol. The van der Waals surface area contributed by atoms with E-state index in [9.17, 15) is 43.5 Å². The third kappa shape index (κ3) is 103. The Kier molecular flexibility index (Phi) is 97.8. The number of esters is 3. The quantitative estimate of drug-likeness (QED) is 0.0146. The molecule has 5 atom stereocenters. The van der Waals surface area contributed by atoms with Crippen molar-refractivity contribution in [1.29, 1.82) is 0 Å². The lowest BCUT2D eigenvalue weighted by atomic mass is 10.0. The van der Waals surface area contributed by atoms with E-state index < -0.39 is 91.5 Å². The van der Waals surface area contributed by atoms with Crippen molar-refractivity contribution >= 4 is 33.6 Å². The second-order valence-corrected chi connectivity index (χ2v) is 37.8. The van der Waals surface area contributed by atoms with Crippen LogP contribution in [0.3, 0.4) is 0 Å². The number of phosphoric ester groups is 2. The Bertz CT molecular complexity index is 3030. The lowest BCUT2D eigenvalue weighted by Gasteiger charge is -2.21. The van der Waals surface area contributed by atoms with Gasteiger partial charge in [0.1, 0.15) is 25.4 Å². The number of aliphatic hydroxyl groups is 2. The number of hydrogen-bond donors (Lipinski definition) is 4. The van der Waals surface area contributed by atoms with E-state index in [1.165, 1.54) is 244 Å². The van der Waals surface area contributed by atoms with Crippen molar-refractivity contribution in [3.63, 3.8) is 0 Å². The van der Waals surface area contributed by atoms with Crippen molar-refractivity contribution in [3.8, 4) is 0 Å². The molecule has 18 heteroatoms. The van der Waals surface area contributed by atoms with Crippen LogP contribution in [0.25, 0.3) is 0 Å². The summed E-state index contributed by atoms with van der Waals surface area (Å²) in [5, 5.41) is 20.8. The third-order valence-electron chi connectivity index (χ3n) is 22.4. The van der Waals surface area contributed by atoms with Crippen LogP contribution in [0.1, 0.15) is 457 Å². The second kappa shape index (κ2) is 102. The Balaban J connectivity index is 4.57. The number of phosphoric acid groups is 2. The van der Waals surface area contributed by atoms with Gasteiger partial charge < -0.3 is 34.2 Å². The van der Waals surface area contributed by atoms with E-state index in [0.29, 0.717) is 19.3 Å². The van der Waals surface area contributed by atoms with Crippen LogP contribution in [-0.2, 0) is 55.8 Å². The molecule has 0 rings (SSSR count). The Morgan fingerprint density at radius 2 is 0.411 bits per heavy atom. The van der Waals surface area contributed by atoms with Crippen molar-refractivity contribution < 1.29 is 75.8 Å². The fourth-order valence-corrected chi connectivity index (χ4v) is 16.1. The fourth-order valence-electron chi connectivity index (χ4n) is 14.6. The van der Waals surface area contributed by atoms with E-state index in [1.54, 1.807) is 0 Å². The summed E-state index contributed by atoms with van der Waals surface area (Å²) in [7, 11) is -9.82. The van der Waals surface area contributed by atoms with Crippen LogP contribution in [0, 0.1) is 0 Å². The van der Waals surface area contributed by atoms with Gasteiger partial charge in [-0.15, -0.1) is 0 Å². The first kappa shape index (κ1) is 124. The van der Waals surface area contributed by atoms with Gasteiger partial charge in [-0.1, -0.05) is 454 Å². The number of hydrogen-bond acceptors (Lipinski definition) is 14. The molecule has 0 saturated heterocycles. The van der Waals surface area contributed by atoms with Crippen LogP contribution in [-0.4, -0.2) is 95.9 Å². The molecule has 742 valence electrons. The molecule has 129 heavy (non-hydrogen) atoms. The van der Waals surface area contributed by atoms with E-state index in [1.807, 2.05) is 0 Å². The Morgan fingerprint density at radius 1 is 0.225 bits per heavy atom. The zero-order valence-electron chi connectivity index (χ0n) is 82.3. The van der Waals surface area contributed by atoms with Crippen molar-refractivity contribution in [2.24, 2.45) is 0 Å².